The molecule has 2 atom stereocenters. The molecule has 0 aromatic heterocycles. The Morgan fingerprint density at radius 3 is 2.67 bits per heavy atom. The number of carbonyl (C=O) groups is 1. The summed E-state index contributed by atoms with van der Waals surface area (Å²) in [5.74, 6) is -1.06. The first-order valence-corrected chi connectivity index (χ1v) is 5.14. The van der Waals surface area contributed by atoms with Crippen LogP contribution in [0.15, 0.2) is 30.3 Å². The number of hydrogen-bond acceptors (Lipinski definition) is 2. The molecule has 3 nitrogen and oxygen atoms in total. The lowest BCUT2D eigenvalue weighted by Gasteiger charge is -2.18. The zero-order valence-electron chi connectivity index (χ0n) is 8.43. The van der Waals surface area contributed by atoms with Crippen molar-refractivity contribution in [3.05, 3.63) is 35.9 Å². The fraction of sp³-hybridized carbons (Fsp3) is 0.417. The fourth-order valence-electron chi connectivity index (χ4n) is 2.09. The van der Waals surface area contributed by atoms with E-state index in [-0.39, 0.29) is 5.92 Å². The largest absolute Gasteiger partial charge is 0.481 e. The zero-order valence-corrected chi connectivity index (χ0v) is 8.43. The first-order valence-electron chi connectivity index (χ1n) is 5.14. The van der Waals surface area contributed by atoms with Gasteiger partial charge in [-0.05, 0) is 12.0 Å². The molecule has 1 fully saturated rings. The minimum Gasteiger partial charge on any atom is -0.481 e. The lowest BCUT2D eigenvalue weighted by molar-refractivity contribution is -0.140. The summed E-state index contributed by atoms with van der Waals surface area (Å²) in [7, 11) is 0. The summed E-state index contributed by atoms with van der Waals surface area (Å²) in [6.07, 6.45) is 0.839. The molecule has 1 aliphatic heterocycles. The van der Waals surface area contributed by atoms with Gasteiger partial charge in [0, 0.05) is 12.5 Å². The maximum absolute atomic E-state index is 11.2. The molecule has 3 heteroatoms. The first kappa shape index (κ1) is 10.2. The van der Waals surface area contributed by atoms with Crippen LogP contribution in [0.2, 0.25) is 0 Å². The number of carboxylic acids is 1. The molecule has 0 amide bonds. The molecule has 80 valence electrons. The van der Waals surface area contributed by atoms with Crippen molar-refractivity contribution in [2.45, 2.75) is 12.3 Å². The van der Waals surface area contributed by atoms with E-state index in [0.717, 1.165) is 12.0 Å². The molecule has 0 saturated carbocycles. The third-order valence-electron chi connectivity index (χ3n) is 2.86. The van der Waals surface area contributed by atoms with Crippen molar-refractivity contribution < 1.29 is 14.6 Å². The number of aliphatic carboxylic acids is 1. The van der Waals surface area contributed by atoms with E-state index in [2.05, 4.69) is 0 Å². The summed E-state index contributed by atoms with van der Waals surface area (Å²) in [4.78, 5) is 11.2. The third kappa shape index (κ3) is 2.18. The number of ether oxygens (including phenoxy) is 1. The standard InChI is InChI=1S/C12H14O3/c13-12(14)11(10-6-7-15-8-10)9-4-2-1-3-5-9/h1-5,10-11H,6-8H2,(H,13,14). The van der Waals surface area contributed by atoms with Gasteiger partial charge in [-0.2, -0.15) is 0 Å². The molecule has 1 aromatic rings. The van der Waals surface area contributed by atoms with Crippen LogP contribution < -0.4 is 0 Å². The van der Waals surface area contributed by atoms with Gasteiger partial charge < -0.3 is 9.84 Å². The molecule has 0 spiro atoms. The van der Waals surface area contributed by atoms with Gasteiger partial charge in [0.2, 0.25) is 0 Å². The Bertz CT molecular complexity index is 328. The average molecular weight is 206 g/mol. The summed E-state index contributed by atoms with van der Waals surface area (Å²) < 4.78 is 5.25. The molecule has 1 aliphatic rings. The van der Waals surface area contributed by atoms with E-state index in [9.17, 15) is 9.90 Å². The van der Waals surface area contributed by atoms with Crippen LogP contribution in [-0.4, -0.2) is 24.3 Å². The Hall–Kier alpha value is -1.35. The number of rotatable bonds is 3. The second kappa shape index (κ2) is 4.45. The van der Waals surface area contributed by atoms with Crippen LogP contribution in [0, 0.1) is 5.92 Å². The molecular formula is C12H14O3. The van der Waals surface area contributed by atoms with Crippen molar-refractivity contribution in [1.82, 2.24) is 0 Å². The minimum atomic E-state index is -0.753. The molecule has 15 heavy (non-hydrogen) atoms. The number of benzene rings is 1. The van der Waals surface area contributed by atoms with Crippen LogP contribution in [0.1, 0.15) is 17.9 Å². The first-order chi connectivity index (χ1) is 7.29. The predicted molar refractivity (Wildman–Crippen MR) is 55.7 cm³/mol. The molecule has 0 aliphatic carbocycles. The molecule has 1 aromatic carbocycles. The van der Waals surface area contributed by atoms with E-state index < -0.39 is 11.9 Å². The van der Waals surface area contributed by atoms with Gasteiger partial charge in [0.05, 0.1) is 12.5 Å². The molecule has 1 heterocycles. The lowest BCUT2D eigenvalue weighted by atomic mass is 9.85. The molecule has 2 unspecified atom stereocenters. The van der Waals surface area contributed by atoms with E-state index >= 15 is 0 Å². The van der Waals surface area contributed by atoms with Crippen molar-refractivity contribution in [3.63, 3.8) is 0 Å². The van der Waals surface area contributed by atoms with Gasteiger partial charge in [0.15, 0.2) is 0 Å². The summed E-state index contributed by atoms with van der Waals surface area (Å²) in [6, 6.07) is 9.39. The monoisotopic (exact) mass is 206 g/mol. The molecule has 2 rings (SSSR count). The van der Waals surface area contributed by atoms with E-state index in [1.54, 1.807) is 0 Å². The van der Waals surface area contributed by atoms with Gasteiger partial charge >= 0.3 is 5.97 Å². The smallest absolute Gasteiger partial charge is 0.311 e. The molecule has 1 saturated heterocycles. The van der Waals surface area contributed by atoms with E-state index in [1.165, 1.54) is 0 Å². The second-order valence-electron chi connectivity index (χ2n) is 3.85. The Morgan fingerprint density at radius 1 is 1.40 bits per heavy atom. The molecular weight excluding hydrogens is 192 g/mol. The third-order valence-corrected chi connectivity index (χ3v) is 2.86. The van der Waals surface area contributed by atoms with Crippen molar-refractivity contribution >= 4 is 5.97 Å². The number of hydrogen-bond donors (Lipinski definition) is 1. The Morgan fingerprint density at radius 2 is 2.13 bits per heavy atom. The maximum Gasteiger partial charge on any atom is 0.311 e. The van der Waals surface area contributed by atoms with E-state index in [1.807, 2.05) is 30.3 Å². The second-order valence-corrected chi connectivity index (χ2v) is 3.85. The number of carboxylic acid groups (broad SMARTS) is 1. The van der Waals surface area contributed by atoms with Crippen molar-refractivity contribution in [3.8, 4) is 0 Å². The quantitative estimate of drug-likeness (QED) is 0.821. The molecule has 1 N–H and O–H groups in total. The van der Waals surface area contributed by atoms with Crippen LogP contribution >= 0.6 is 0 Å². The van der Waals surface area contributed by atoms with Gasteiger partial charge in [0.1, 0.15) is 0 Å². The predicted octanol–water partition coefficient (Wildman–Crippen LogP) is 1.89. The van der Waals surface area contributed by atoms with Crippen LogP contribution in [0.5, 0.6) is 0 Å². The molecule has 0 bridgehead atoms. The van der Waals surface area contributed by atoms with Crippen LogP contribution in [0.3, 0.4) is 0 Å². The van der Waals surface area contributed by atoms with Crippen molar-refractivity contribution in [2.24, 2.45) is 5.92 Å². The van der Waals surface area contributed by atoms with Gasteiger partial charge in [-0.25, -0.2) is 0 Å². The van der Waals surface area contributed by atoms with Crippen LogP contribution in [0.25, 0.3) is 0 Å². The SMILES string of the molecule is O=C(O)C(c1ccccc1)C1CCOC1. The Kier molecular flexibility index (Phi) is 3.02. The van der Waals surface area contributed by atoms with Crippen LogP contribution in [-0.2, 0) is 9.53 Å². The zero-order chi connectivity index (χ0) is 10.7. The highest BCUT2D eigenvalue weighted by Gasteiger charge is 2.32. The maximum atomic E-state index is 11.2. The summed E-state index contributed by atoms with van der Waals surface area (Å²) in [5, 5.41) is 9.23. The molecule has 0 radical (unpaired) electrons. The highest BCUT2D eigenvalue weighted by molar-refractivity contribution is 5.76. The van der Waals surface area contributed by atoms with Gasteiger partial charge in [-0.15, -0.1) is 0 Å². The van der Waals surface area contributed by atoms with Gasteiger partial charge in [-0.3, -0.25) is 4.79 Å². The minimum absolute atomic E-state index is 0.116. The average Bonchev–Trinajstić information content (AvgIpc) is 2.72. The lowest BCUT2D eigenvalue weighted by Crippen LogP contribution is -2.21. The Balaban J connectivity index is 2.23. The van der Waals surface area contributed by atoms with Crippen molar-refractivity contribution in [1.29, 1.82) is 0 Å². The summed E-state index contributed by atoms with van der Waals surface area (Å²) in [5.41, 5.74) is 0.875. The summed E-state index contributed by atoms with van der Waals surface area (Å²) in [6.45, 7) is 1.24. The highest BCUT2D eigenvalue weighted by Crippen LogP contribution is 2.30. The van der Waals surface area contributed by atoms with Gasteiger partial charge in [0.25, 0.3) is 0 Å². The van der Waals surface area contributed by atoms with Crippen LogP contribution in [0.4, 0.5) is 0 Å². The normalized spacial score (nSPS) is 22.5. The fourth-order valence-corrected chi connectivity index (χ4v) is 2.09. The summed E-state index contributed by atoms with van der Waals surface area (Å²) >= 11 is 0. The van der Waals surface area contributed by atoms with Gasteiger partial charge in [-0.1, -0.05) is 30.3 Å². The Labute approximate surface area is 88.7 Å². The van der Waals surface area contributed by atoms with Crippen molar-refractivity contribution in [2.75, 3.05) is 13.2 Å². The topological polar surface area (TPSA) is 46.5 Å². The van der Waals surface area contributed by atoms with E-state index in [0.29, 0.717) is 13.2 Å². The highest BCUT2D eigenvalue weighted by atomic mass is 16.5. The van der Waals surface area contributed by atoms with E-state index in [4.69, 9.17) is 4.74 Å².